The molecular weight excluding hydrogens is 188 g/mol. The molecule has 0 saturated heterocycles. The maximum Gasteiger partial charge on any atom is 0.306 e. The second kappa shape index (κ2) is 7.72. The summed E-state index contributed by atoms with van der Waals surface area (Å²) in [5.41, 5.74) is 0. The summed E-state index contributed by atoms with van der Waals surface area (Å²) in [7, 11) is 0. The molecule has 0 aromatic heterocycles. The number of hydrogen-bond donors (Lipinski definition) is 1. The van der Waals surface area contributed by atoms with E-state index in [0.717, 1.165) is 18.8 Å². The lowest BCUT2D eigenvalue weighted by atomic mass is 9.88. The summed E-state index contributed by atoms with van der Waals surface area (Å²) in [6.45, 7) is 8.45. The van der Waals surface area contributed by atoms with Crippen LogP contribution in [0.15, 0.2) is 0 Å². The van der Waals surface area contributed by atoms with Crippen molar-refractivity contribution in [2.75, 3.05) is 0 Å². The van der Waals surface area contributed by atoms with Gasteiger partial charge in [-0.25, -0.2) is 0 Å². The van der Waals surface area contributed by atoms with E-state index in [1.54, 1.807) is 0 Å². The van der Waals surface area contributed by atoms with Crippen molar-refractivity contribution < 1.29 is 9.90 Å². The zero-order valence-corrected chi connectivity index (χ0v) is 10.6. The topological polar surface area (TPSA) is 37.3 Å². The lowest BCUT2D eigenvalue weighted by Gasteiger charge is -2.17. The molecule has 0 aliphatic rings. The Morgan fingerprint density at radius 1 is 1.20 bits per heavy atom. The molecular formula is C13H26O2. The van der Waals surface area contributed by atoms with Gasteiger partial charge < -0.3 is 5.11 Å². The van der Waals surface area contributed by atoms with E-state index in [9.17, 15) is 4.79 Å². The van der Waals surface area contributed by atoms with Crippen LogP contribution in [0.4, 0.5) is 0 Å². The Morgan fingerprint density at radius 3 is 2.20 bits per heavy atom. The average molecular weight is 214 g/mol. The zero-order valence-electron chi connectivity index (χ0n) is 10.6. The van der Waals surface area contributed by atoms with Crippen molar-refractivity contribution >= 4 is 5.97 Å². The van der Waals surface area contributed by atoms with E-state index in [1.807, 2.05) is 6.92 Å². The van der Waals surface area contributed by atoms with Crippen LogP contribution in [-0.2, 0) is 4.79 Å². The number of carbonyl (C=O) groups is 1. The van der Waals surface area contributed by atoms with Gasteiger partial charge in [-0.05, 0) is 18.3 Å². The van der Waals surface area contributed by atoms with E-state index < -0.39 is 5.97 Å². The van der Waals surface area contributed by atoms with Crippen LogP contribution < -0.4 is 0 Å². The summed E-state index contributed by atoms with van der Waals surface area (Å²) in [6.07, 6.45) is 5.63. The third-order valence-corrected chi connectivity index (χ3v) is 3.08. The summed E-state index contributed by atoms with van der Waals surface area (Å²) in [5, 5.41) is 8.84. The lowest BCUT2D eigenvalue weighted by Crippen LogP contribution is -2.14. The highest BCUT2D eigenvalue weighted by molar-refractivity contribution is 5.69. The maximum absolute atomic E-state index is 10.7. The van der Waals surface area contributed by atoms with E-state index >= 15 is 0 Å². The second-order valence-corrected chi connectivity index (χ2v) is 5.07. The molecule has 0 spiro atoms. The molecule has 1 N–H and O–H groups in total. The highest BCUT2D eigenvalue weighted by atomic mass is 16.4. The van der Waals surface area contributed by atoms with E-state index in [1.165, 1.54) is 19.3 Å². The molecule has 0 fully saturated rings. The molecule has 0 amide bonds. The van der Waals surface area contributed by atoms with Crippen molar-refractivity contribution in [2.24, 2.45) is 17.8 Å². The number of carboxylic acid groups (broad SMARTS) is 1. The minimum atomic E-state index is -0.655. The molecule has 0 radical (unpaired) electrons. The molecule has 0 aromatic rings. The van der Waals surface area contributed by atoms with Crippen LogP contribution in [0.2, 0.25) is 0 Å². The van der Waals surface area contributed by atoms with Gasteiger partial charge in [-0.2, -0.15) is 0 Å². The second-order valence-electron chi connectivity index (χ2n) is 5.07. The van der Waals surface area contributed by atoms with Crippen LogP contribution in [0.5, 0.6) is 0 Å². The molecule has 0 aromatic carbocycles. The molecule has 0 bridgehead atoms. The van der Waals surface area contributed by atoms with Gasteiger partial charge in [0.1, 0.15) is 0 Å². The predicted octanol–water partition coefficient (Wildman–Crippen LogP) is 3.95. The van der Waals surface area contributed by atoms with Crippen molar-refractivity contribution in [1.82, 2.24) is 0 Å². The number of rotatable bonds is 8. The third kappa shape index (κ3) is 7.40. The van der Waals surface area contributed by atoms with Crippen molar-refractivity contribution in [3.63, 3.8) is 0 Å². The molecule has 0 heterocycles. The minimum absolute atomic E-state index is 0.186. The SMILES string of the molecule is CCC(CCCC(C)C)CC(C)C(=O)O. The summed E-state index contributed by atoms with van der Waals surface area (Å²) < 4.78 is 0. The van der Waals surface area contributed by atoms with Gasteiger partial charge in [-0.15, -0.1) is 0 Å². The molecule has 2 heteroatoms. The molecule has 2 unspecified atom stereocenters. The fraction of sp³-hybridized carbons (Fsp3) is 0.923. The zero-order chi connectivity index (χ0) is 11.8. The van der Waals surface area contributed by atoms with Crippen LogP contribution in [-0.4, -0.2) is 11.1 Å². The fourth-order valence-corrected chi connectivity index (χ4v) is 1.90. The van der Waals surface area contributed by atoms with Gasteiger partial charge in [0.2, 0.25) is 0 Å². The molecule has 0 aliphatic carbocycles. The summed E-state index contributed by atoms with van der Waals surface area (Å²) in [6, 6.07) is 0. The molecule has 90 valence electrons. The van der Waals surface area contributed by atoms with Crippen molar-refractivity contribution in [3.8, 4) is 0 Å². The van der Waals surface area contributed by atoms with E-state index in [4.69, 9.17) is 5.11 Å². The van der Waals surface area contributed by atoms with Crippen LogP contribution in [0.1, 0.15) is 59.8 Å². The Bertz CT molecular complexity index is 175. The van der Waals surface area contributed by atoms with Crippen LogP contribution in [0.25, 0.3) is 0 Å². The highest BCUT2D eigenvalue weighted by Crippen LogP contribution is 2.22. The fourth-order valence-electron chi connectivity index (χ4n) is 1.90. The Balaban J connectivity index is 3.77. The molecule has 0 saturated carbocycles. The lowest BCUT2D eigenvalue weighted by molar-refractivity contribution is -0.141. The first-order valence-corrected chi connectivity index (χ1v) is 6.20. The molecule has 15 heavy (non-hydrogen) atoms. The van der Waals surface area contributed by atoms with Gasteiger partial charge >= 0.3 is 5.97 Å². The first-order chi connectivity index (χ1) is 6.97. The van der Waals surface area contributed by atoms with Gasteiger partial charge in [-0.1, -0.05) is 53.4 Å². The van der Waals surface area contributed by atoms with Gasteiger partial charge in [-0.3, -0.25) is 4.79 Å². The first kappa shape index (κ1) is 14.5. The van der Waals surface area contributed by atoms with Crippen LogP contribution >= 0.6 is 0 Å². The summed E-state index contributed by atoms with van der Waals surface area (Å²) in [5.74, 6) is 0.514. The van der Waals surface area contributed by atoms with Crippen molar-refractivity contribution in [1.29, 1.82) is 0 Å². The standard InChI is InChI=1S/C13H26O2/c1-5-12(8-6-7-10(2)3)9-11(4)13(14)15/h10-12H,5-9H2,1-4H3,(H,14,15). The normalized spacial score (nSPS) is 15.3. The van der Waals surface area contributed by atoms with E-state index in [0.29, 0.717) is 5.92 Å². The summed E-state index contributed by atoms with van der Waals surface area (Å²) >= 11 is 0. The Morgan fingerprint density at radius 2 is 1.80 bits per heavy atom. The molecule has 2 atom stereocenters. The Hall–Kier alpha value is -0.530. The quantitative estimate of drug-likeness (QED) is 0.664. The first-order valence-electron chi connectivity index (χ1n) is 6.20. The third-order valence-electron chi connectivity index (χ3n) is 3.08. The maximum atomic E-state index is 10.7. The molecule has 2 nitrogen and oxygen atoms in total. The number of carboxylic acids is 1. The largest absolute Gasteiger partial charge is 0.481 e. The molecule has 0 aliphatic heterocycles. The predicted molar refractivity (Wildman–Crippen MR) is 63.9 cm³/mol. The highest BCUT2D eigenvalue weighted by Gasteiger charge is 2.16. The van der Waals surface area contributed by atoms with Crippen LogP contribution in [0.3, 0.4) is 0 Å². The van der Waals surface area contributed by atoms with Gasteiger partial charge in [0.05, 0.1) is 5.92 Å². The monoisotopic (exact) mass is 214 g/mol. The Kier molecular flexibility index (Phi) is 7.45. The van der Waals surface area contributed by atoms with Crippen molar-refractivity contribution in [2.45, 2.75) is 59.8 Å². The smallest absolute Gasteiger partial charge is 0.306 e. The minimum Gasteiger partial charge on any atom is -0.481 e. The number of hydrogen-bond acceptors (Lipinski definition) is 1. The van der Waals surface area contributed by atoms with Gasteiger partial charge in [0.25, 0.3) is 0 Å². The number of aliphatic carboxylic acids is 1. The van der Waals surface area contributed by atoms with E-state index in [2.05, 4.69) is 20.8 Å². The van der Waals surface area contributed by atoms with Gasteiger partial charge in [0.15, 0.2) is 0 Å². The van der Waals surface area contributed by atoms with Crippen LogP contribution in [0, 0.1) is 17.8 Å². The van der Waals surface area contributed by atoms with Crippen molar-refractivity contribution in [3.05, 3.63) is 0 Å². The van der Waals surface area contributed by atoms with E-state index in [-0.39, 0.29) is 5.92 Å². The molecule has 0 rings (SSSR count). The Labute approximate surface area is 94.1 Å². The van der Waals surface area contributed by atoms with Gasteiger partial charge in [0, 0.05) is 0 Å². The summed E-state index contributed by atoms with van der Waals surface area (Å²) in [4.78, 5) is 10.7. The average Bonchev–Trinajstić information content (AvgIpc) is 2.15.